The van der Waals surface area contributed by atoms with Gasteiger partial charge in [-0.3, -0.25) is 14.6 Å². The molecule has 0 aliphatic carbocycles. The molecule has 3 aromatic heterocycles. The van der Waals surface area contributed by atoms with Gasteiger partial charge in [0.25, 0.3) is 5.56 Å². The van der Waals surface area contributed by atoms with Crippen LogP contribution < -0.4 is 11.3 Å². The summed E-state index contributed by atoms with van der Waals surface area (Å²) in [6.45, 7) is 3.02. The zero-order valence-corrected chi connectivity index (χ0v) is 14.3. The molecule has 128 valence electrons. The van der Waals surface area contributed by atoms with Gasteiger partial charge in [-0.1, -0.05) is 6.07 Å². The number of aryl methyl sites for hydroxylation is 3. The molecule has 0 radical (unpaired) electrons. The van der Waals surface area contributed by atoms with E-state index in [9.17, 15) is 4.79 Å². The maximum absolute atomic E-state index is 12.9. The summed E-state index contributed by atoms with van der Waals surface area (Å²) in [5, 5.41) is 13.2. The fourth-order valence-electron chi connectivity index (χ4n) is 3.31. The van der Waals surface area contributed by atoms with Gasteiger partial charge in [0.15, 0.2) is 0 Å². The van der Waals surface area contributed by atoms with Crippen LogP contribution in [0.25, 0.3) is 32.9 Å². The molecular weight excluding hydrogens is 316 g/mol. The maximum Gasteiger partial charge on any atom is 0.262 e. The number of rotatable bonds is 4. The molecule has 3 N–H and O–H groups in total. The lowest BCUT2D eigenvalue weighted by atomic mass is 10.0. The Balaban J connectivity index is 2.05. The molecule has 7 heteroatoms. The molecule has 0 amide bonds. The highest BCUT2D eigenvalue weighted by atomic mass is 16.1. The van der Waals surface area contributed by atoms with Gasteiger partial charge in [-0.2, -0.15) is 10.2 Å². The Morgan fingerprint density at radius 3 is 2.84 bits per heavy atom. The molecule has 0 spiro atoms. The summed E-state index contributed by atoms with van der Waals surface area (Å²) < 4.78 is 3.58. The van der Waals surface area contributed by atoms with Crippen LogP contribution in [0.2, 0.25) is 0 Å². The van der Waals surface area contributed by atoms with Crippen LogP contribution in [0, 0.1) is 6.92 Å². The number of hydrogen-bond donors (Lipinski definition) is 2. The standard InChI is InChI=1S/C18H20N6O/c1-11-16-17(22-21-11)14-8-12(13-9-20-23(2)10-13)4-5-15(14)24(18(16)25)7-3-6-19/h4-5,8-10H,3,6-7,19H2,1-2H3,(H,21,22). The molecular formula is C18H20N6O. The Kier molecular flexibility index (Phi) is 3.65. The van der Waals surface area contributed by atoms with E-state index in [1.165, 1.54) is 0 Å². The molecule has 0 atom stereocenters. The van der Waals surface area contributed by atoms with Crippen molar-refractivity contribution in [1.29, 1.82) is 0 Å². The van der Waals surface area contributed by atoms with Gasteiger partial charge in [-0.05, 0) is 37.6 Å². The smallest absolute Gasteiger partial charge is 0.262 e. The molecule has 1 aromatic carbocycles. The molecule has 0 saturated carbocycles. The average molecular weight is 336 g/mol. The predicted octanol–water partition coefficient (Wildman–Crippen LogP) is 1.94. The Labute approximate surface area is 144 Å². The average Bonchev–Trinajstić information content (AvgIpc) is 3.21. The number of fused-ring (bicyclic) bond motifs is 3. The molecule has 4 rings (SSSR count). The first-order valence-electron chi connectivity index (χ1n) is 8.30. The molecule has 25 heavy (non-hydrogen) atoms. The van der Waals surface area contributed by atoms with Gasteiger partial charge in [-0.15, -0.1) is 0 Å². The Bertz CT molecular complexity index is 1130. The predicted molar refractivity (Wildman–Crippen MR) is 98.5 cm³/mol. The van der Waals surface area contributed by atoms with Crippen LogP contribution in [-0.2, 0) is 13.6 Å². The fourth-order valence-corrected chi connectivity index (χ4v) is 3.31. The minimum absolute atomic E-state index is 0.0173. The molecule has 0 aliphatic rings. The van der Waals surface area contributed by atoms with Gasteiger partial charge in [0.05, 0.1) is 17.1 Å². The van der Waals surface area contributed by atoms with E-state index >= 15 is 0 Å². The van der Waals surface area contributed by atoms with Crippen LogP contribution in [0.1, 0.15) is 12.1 Å². The van der Waals surface area contributed by atoms with Gasteiger partial charge in [0.2, 0.25) is 0 Å². The zero-order valence-electron chi connectivity index (χ0n) is 14.3. The van der Waals surface area contributed by atoms with E-state index in [4.69, 9.17) is 5.73 Å². The van der Waals surface area contributed by atoms with Gasteiger partial charge in [0, 0.05) is 36.4 Å². The van der Waals surface area contributed by atoms with Crippen LogP contribution in [0.3, 0.4) is 0 Å². The number of pyridine rings is 1. The molecule has 3 heterocycles. The van der Waals surface area contributed by atoms with Crippen LogP contribution >= 0.6 is 0 Å². The first kappa shape index (κ1) is 15.6. The van der Waals surface area contributed by atoms with E-state index < -0.39 is 0 Å². The Hall–Kier alpha value is -2.93. The number of aromatic amines is 1. The summed E-state index contributed by atoms with van der Waals surface area (Å²) in [6, 6.07) is 6.08. The lowest BCUT2D eigenvalue weighted by Crippen LogP contribution is -2.22. The minimum Gasteiger partial charge on any atom is -0.330 e. The Morgan fingerprint density at radius 1 is 1.28 bits per heavy atom. The van der Waals surface area contributed by atoms with Gasteiger partial charge < -0.3 is 10.3 Å². The van der Waals surface area contributed by atoms with Crippen molar-refractivity contribution in [2.45, 2.75) is 19.9 Å². The van der Waals surface area contributed by atoms with Crippen molar-refractivity contribution < 1.29 is 0 Å². The number of benzene rings is 1. The van der Waals surface area contributed by atoms with Crippen LogP contribution in [0.4, 0.5) is 0 Å². The highest BCUT2D eigenvalue weighted by molar-refractivity contribution is 6.05. The maximum atomic E-state index is 12.9. The van der Waals surface area contributed by atoms with E-state index in [0.717, 1.165) is 34.1 Å². The quantitative estimate of drug-likeness (QED) is 0.595. The Morgan fingerprint density at radius 2 is 2.12 bits per heavy atom. The third kappa shape index (κ3) is 2.44. The number of nitrogens with zero attached hydrogens (tertiary/aromatic N) is 4. The molecule has 0 saturated heterocycles. The van der Waals surface area contributed by atoms with E-state index in [-0.39, 0.29) is 5.56 Å². The minimum atomic E-state index is -0.0173. The number of hydrogen-bond acceptors (Lipinski definition) is 4. The molecule has 7 nitrogen and oxygen atoms in total. The molecule has 0 bridgehead atoms. The van der Waals surface area contributed by atoms with Crippen molar-refractivity contribution >= 4 is 21.8 Å². The van der Waals surface area contributed by atoms with E-state index in [0.29, 0.717) is 24.0 Å². The summed E-state index contributed by atoms with van der Waals surface area (Å²) in [7, 11) is 1.89. The third-order valence-electron chi connectivity index (χ3n) is 4.57. The first-order chi connectivity index (χ1) is 12.1. The van der Waals surface area contributed by atoms with Crippen molar-refractivity contribution in [3.8, 4) is 11.1 Å². The van der Waals surface area contributed by atoms with Crippen molar-refractivity contribution in [2.75, 3.05) is 6.54 Å². The summed E-state index contributed by atoms with van der Waals surface area (Å²) in [5.74, 6) is 0. The number of H-pyrrole nitrogens is 1. The SMILES string of the molecule is Cc1[nH]nc2c1c(=O)n(CCCN)c1ccc(-c3cnn(C)c3)cc21. The summed E-state index contributed by atoms with van der Waals surface area (Å²) in [6.07, 6.45) is 4.55. The zero-order chi connectivity index (χ0) is 17.6. The van der Waals surface area contributed by atoms with E-state index in [2.05, 4.69) is 21.4 Å². The normalized spacial score (nSPS) is 11.6. The van der Waals surface area contributed by atoms with Gasteiger partial charge >= 0.3 is 0 Å². The third-order valence-corrected chi connectivity index (χ3v) is 4.57. The van der Waals surface area contributed by atoms with E-state index in [1.807, 2.05) is 38.5 Å². The van der Waals surface area contributed by atoms with Crippen LogP contribution in [0.15, 0.2) is 35.4 Å². The van der Waals surface area contributed by atoms with Crippen molar-refractivity contribution in [1.82, 2.24) is 24.5 Å². The van der Waals surface area contributed by atoms with Gasteiger partial charge in [-0.25, -0.2) is 0 Å². The molecule has 0 aliphatic heterocycles. The van der Waals surface area contributed by atoms with Crippen molar-refractivity contribution in [2.24, 2.45) is 12.8 Å². The second-order valence-corrected chi connectivity index (χ2v) is 6.31. The van der Waals surface area contributed by atoms with Gasteiger partial charge in [0.1, 0.15) is 5.52 Å². The van der Waals surface area contributed by atoms with Crippen LogP contribution in [-0.4, -0.2) is 31.1 Å². The number of nitrogens with one attached hydrogen (secondary N) is 1. The summed E-state index contributed by atoms with van der Waals surface area (Å²) >= 11 is 0. The largest absolute Gasteiger partial charge is 0.330 e. The topological polar surface area (TPSA) is 94.5 Å². The van der Waals surface area contributed by atoms with Crippen molar-refractivity contribution in [3.63, 3.8) is 0 Å². The molecule has 0 fully saturated rings. The summed E-state index contributed by atoms with van der Waals surface area (Å²) in [4.78, 5) is 12.9. The fraction of sp³-hybridized carbons (Fsp3) is 0.278. The molecule has 0 unspecified atom stereocenters. The highest BCUT2D eigenvalue weighted by Crippen LogP contribution is 2.28. The first-order valence-corrected chi connectivity index (χ1v) is 8.30. The van der Waals surface area contributed by atoms with Crippen LogP contribution in [0.5, 0.6) is 0 Å². The summed E-state index contributed by atoms with van der Waals surface area (Å²) in [5.41, 5.74) is 10.1. The van der Waals surface area contributed by atoms with Crippen molar-refractivity contribution in [3.05, 3.63) is 46.6 Å². The second-order valence-electron chi connectivity index (χ2n) is 6.31. The number of aromatic nitrogens is 5. The van der Waals surface area contributed by atoms with E-state index in [1.54, 1.807) is 9.25 Å². The monoisotopic (exact) mass is 336 g/mol. The lowest BCUT2D eigenvalue weighted by Gasteiger charge is -2.12. The highest BCUT2D eigenvalue weighted by Gasteiger charge is 2.16. The lowest BCUT2D eigenvalue weighted by molar-refractivity contribution is 0.654. The number of nitrogens with two attached hydrogens (primary N) is 1. The molecule has 4 aromatic rings. The second kappa shape index (κ2) is 5.86.